The van der Waals surface area contributed by atoms with E-state index in [4.69, 9.17) is 9.47 Å². The van der Waals surface area contributed by atoms with Crippen molar-refractivity contribution in [1.82, 2.24) is 0 Å². The fourth-order valence-electron chi connectivity index (χ4n) is 2.74. The standard InChI is InChI=1S/C16H13NO3/c1-16(2)19-14-8-7-10-11-5-3-4-6-13(11)17(18)9-12(10)15(14)20-16/h3-9H,1-2H3. The molecule has 0 unspecified atom stereocenters. The van der Waals surface area contributed by atoms with E-state index in [-0.39, 0.29) is 0 Å². The Balaban J connectivity index is 2.14. The van der Waals surface area contributed by atoms with E-state index >= 15 is 0 Å². The first-order chi connectivity index (χ1) is 9.55. The van der Waals surface area contributed by atoms with Gasteiger partial charge in [0.25, 0.3) is 0 Å². The third-order valence-electron chi connectivity index (χ3n) is 3.54. The van der Waals surface area contributed by atoms with Gasteiger partial charge in [0.05, 0.1) is 10.8 Å². The summed E-state index contributed by atoms with van der Waals surface area (Å²) in [6, 6.07) is 11.4. The second-order valence-corrected chi connectivity index (χ2v) is 5.43. The third-order valence-corrected chi connectivity index (χ3v) is 3.54. The van der Waals surface area contributed by atoms with Gasteiger partial charge in [-0.05, 0) is 18.2 Å². The lowest BCUT2D eigenvalue weighted by Crippen LogP contribution is -2.30. The van der Waals surface area contributed by atoms with Crippen LogP contribution in [0.2, 0.25) is 0 Å². The maximum atomic E-state index is 12.2. The van der Waals surface area contributed by atoms with E-state index in [0.29, 0.717) is 17.0 Å². The quantitative estimate of drug-likeness (QED) is 0.357. The van der Waals surface area contributed by atoms with E-state index < -0.39 is 5.79 Å². The van der Waals surface area contributed by atoms with Gasteiger partial charge in [-0.15, -0.1) is 0 Å². The number of benzene rings is 2. The van der Waals surface area contributed by atoms with Crippen molar-refractivity contribution < 1.29 is 14.2 Å². The Kier molecular flexibility index (Phi) is 2.01. The topological polar surface area (TPSA) is 45.4 Å². The number of ether oxygens (including phenoxy) is 2. The normalized spacial score (nSPS) is 15.9. The molecular weight excluding hydrogens is 254 g/mol. The first-order valence-corrected chi connectivity index (χ1v) is 6.51. The van der Waals surface area contributed by atoms with Crippen LogP contribution in [0.15, 0.2) is 42.6 Å². The lowest BCUT2D eigenvalue weighted by atomic mass is 10.1. The Morgan fingerprint density at radius 3 is 2.60 bits per heavy atom. The zero-order chi connectivity index (χ0) is 13.9. The summed E-state index contributed by atoms with van der Waals surface area (Å²) in [5.74, 6) is 0.622. The number of rotatable bonds is 0. The van der Waals surface area contributed by atoms with E-state index in [2.05, 4.69) is 0 Å². The molecule has 0 aliphatic carbocycles. The van der Waals surface area contributed by atoms with Gasteiger partial charge in [0.1, 0.15) is 0 Å². The summed E-state index contributed by atoms with van der Waals surface area (Å²) >= 11 is 0. The van der Waals surface area contributed by atoms with Crippen molar-refractivity contribution in [3.05, 3.63) is 47.8 Å². The summed E-state index contributed by atoms with van der Waals surface area (Å²) in [6.45, 7) is 3.70. The van der Waals surface area contributed by atoms with Crippen molar-refractivity contribution in [2.24, 2.45) is 0 Å². The highest BCUT2D eigenvalue weighted by Crippen LogP contribution is 2.44. The van der Waals surface area contributed by atoms with Crippen molar-refractivity contribution in [2.75, 3.05) is 0 Å². The van der Waals surface area contributed by atoms with Gasteiger partial charge in [0.2, 0.25) is 11.3 Å². The van der Waals surface area contributed by atoms with Gasteiger partial charge in [0.15, 0.2) is 17.7 Å². The summed E-state index contributed by atoms with van der Waals surface area (Å²) in [7, 11) is 0. The lowest BCUT2D eigenvalue weighted by Gasteiger charge is -2.16. The molecule has 4 heteroatoms. The van der Waals surface area contributed by atoms with E-state index in [1.807, 2.05) is 50.2 Å². The lowest BCUT2D eigenvalue weighted by molar-refractivity contribution is -0.575. The van der Waals surface area contributed by atoms with Crippen LogP contribution in [0, 0.1) is 5.21 Å². The molecule has 3 aromatic rings. The molecular formula is C16H13NO3. The maximum Gasteiger partial charge on any atom is 0.246 e. The van der Waals surface area contributed by atoms with E-state index in [9.17, 15) is 5.21 Å². The number of nitrogens with zero attached hydrogens (tertiary/aromatic N) is 1. The van der Waals surface area contributed by atoms with Crippen LogP contribution < -0.4 is 14.2 Å². The third kappa shape index (κ3) is 1.45. The minimum atomic E-state index is -0.698. The van der Waals surface area contributed by atoms with E-state index in [1.165, 1.54) is 0 Å². The number of fused-ring (bicyclic) bond motifs is 5. The molecule has 1 aliphatic rings. The molecule has 100 valence electrons. The Bertz CT molecular complexity index is 855. The molecule has 0 spiro atoms. The first kappa shape index (κ1) is 11.3. The second kappa shape index (κ2) is 3.54. The summed E-state index contributed by atoms with van der Waals surface area (Å²) < 4.78 is 12.4. The number of para-hydroxylation sites is 1. The number of hydrogen-bond donors (Lipinski definition) is 0. The van der Waals surface area contributed by atoms with Gasteiger partial charge >= 0.3 is 0 Å². The molecule has 4 nitrogen and oxygen atoms in total. The predicted molar refractivity (Wildman–Crippen MR) is 75.7 cm³/mol. The predicted octanol–water partition coefficient (Wildman–Crippen LogP) is 3.13. The molecule has 2 heterocycles. The van der Waals surface area contributed by atoms with Crippen LogP contribution in [0.25, 0.3) is 21.7 Å². The van der Waals surface area contributed by atoms with Gasteiger partial charge in [0, 0.05) is 25.3 Å². The molecule has 1 aliphatic heterocycles. The summed E-state index contributed by atoms with van der Waals surface area (Å²) in [6.07, 6.45) is 1.56. The highest BCUT2D eigenvalue weighted by molar-refractivity contribution is 6.07. The largest absolute Gasteiger partial charge is 0.618 e. The molecule has 2 aromatic carbocycles. The van der Waals surface area contributed by atoms with Crippen molar-refractivity contribution >= 4 is 21.7 Å². The van der Waals surface area contributed by atoms with Crippen LogP contribution in [-0.4, -0.2) is 5.79 Å². The minimum Gasteiger partial charge on any atom is -0.618 e. The van der Waals surface area contributed by atoms with Crippen molar-refractivity contribution in [3.63, 3.8) is 0 Å². The Hall–Kier alpha value is -2.49. The van der Waals surface area contributed by atoms with Crippen LogP contribution in [0.1, 0.15) is 13.8 Å². The zero-order valence-corrected chi connectivity index (χ0v) is 11.2. The molecule has 0 radical (unpaired) electrons. The second-order valence-electron chi connectivity index (χ2n) is 5.43. The monoisotopic (exact) mass is 267 g/mol. The maximum absolute atomic E-state index is 12.2. The molecule has 1 aromatic heterocycles. The van der Waals surface area contributed by atoms with Crippen molar-refractivity contribution in [2.45, 2.75) is 19.6 Å². The average molecular weight is 267 g/mol. The molecule has 0 saturated carbocycles. The SMILES string of the molecule is CC1(C)Oc2ccc3c(c[n+]([O-])c4ccccc34)c2O1. The van der Waals surface area contributed by atoms with Crippen LogP contribution in [0.3, 0.4) is 0 Å². The van der Waals surface area contributed by atoms with E-state index in [1.54, 1.807) is 6.20 Å². The zero-order valence-electron chi connectivity index (χ0n) is 11.2. The van der Waals surface area contributed by atoms with Crippen molar-refractivity contribution in [1.29, 1.82) is 0 Å². The average Bonchev–Trinajstić information content (AvgIpc) is 2.74. The van der Waals surface area contributed by atoms with Crippen LogP contribution in [0.5, 0.6) is 11.5 Å². The molecule has 0 amide bonds. The van der Waals surface area contributed by atoms with Gasteiger partial charge in [-0.2, -0.15) is 4.73 Å². The van der Waals surface area contributed by atoms with Crippen LogP contribution in [-0.2, 0) is 0 Å². The number of aromatic nitrogens is 1. The smallest absolute Gasteiger partial charge is 0.246 e. The van der Waals surface area contributed by atoms with Crippen LogP contribution >= 0.6 is 0 Å². The Morgan fingerprint density at radius 2 is 1.75 bits per heavy atom. The molecule has 0 atom stereocenters. The molecule has 0 saturated heterocycles. The summed E-state index contributed by atoms with van der Waals surface area (Å²) in [5.41, 5.74) is 0.651. The summed E-state index contributed by atoms with van der Waals surface area (Å²) in [5, 5.41) is 14.9. The molecule has 0 N–H and O–H groups in total. The van der Waals surface area contributed by atoms with Crippen molar-refractivity contribution in [3.8, 4) is 11.5 Å². The fourth-order valence-corrected chi connectivity index (χ4v) is 2.74. The first-order valence-electron chi connectivity index (χ1n) is 6.51. The summed E-state index contributed by atoms with van der Waals surface area (Å²) in [4.78, 5) is 0. The Labute approximate surface area is 115 Å². The highest BCUT2D eigenvalue weighted by atomic mass is 16.7. The van der Waals surface area contributed by atoms with Gasteiger partial charge in [-0.3, -0.25) is 0 Å². The molecule has 0 fully saturated rings. The van der Waals surface area contributed by atoms with Crippen LogP contribution in [0.4, 0.5) is 0 Å². The van der Waals surface area contributed by atoms with Gasteiger partial charge < -0.3 is 14.7 Å². The molecule has 4 rings (SSSR count). The number of hydrogen-bond acceptors (Lipinski definition) is 3. The fraction of sp³-hybridized carbons (Fsp3) is 0.188. The minimum absolute atomic E-state index is 0.642. The molecule has 0 bridgehead atoms. The number of pyridine rings is 1. The van der Waals surface area contributed by atoms with Gasteiger partial charge in [-0.1, -0.05) is 12.1 Å². The van der Waals surface area contributed by atoms with E-state index in [0.717, 1.165) is 20.9 Å². The molecule has 20 heavy (non-hydrogen) atoms. The Morgan fingerprint density at radius 1 is 0.950 bits per heavy atom. The highest BCUT2D eigenvalue weighted by Gasteiger charge is 2.34. The van der Waals surface area contributed by atoms with Gasteiger partial charge in [-0.25, -0.2) is 0 Å².